The van der Waals surface area contributed by atoms with E-state index >= 15 is 0 Å². The molecule has 5 heteroatoms. The number of nitrogens with zero attached hydrogens (tertiary/aromatic N) is 2. The number of methoxy groups -OCH3 is 1. The molecule has 2 rings (SSSR count). The molecule has 0 atom stereocenters. The third-order valence-corrected chi connectivity index (χ3v) is 3.07. The van der Waals surface area contributed by atoms with Crippen molar-refractivity contribution >= 4 is 27.3 Å². The molecule has 0 bridgehead atoms. The Labute approximate surface area is 93.9 Å². The molecule has 0 saturated carbocycles. The normalized spacial score (nSPS) is 10.1. The number of hydrogen-bond acceptors (Lipinski definition) is 4. The molecule has 14 heavy (non-hydrogen) atoms. The molecular formula is C9H7BrN2OS. The summed E-state index contributed by atoms with van der Waals surface area (Å²) in [6.45, 7) is 0. The van der Waals surface area contributed by atoms with E-state index in [0.717, 1.165) is 21.1 Å². The van der Waals surface area contributed by atoms with E-state index in [1.807, 2.05) is 17.5 Å². The summed E-state index contributed by atoms with van der Waals surface area (Å²) in [7, 11) is 1.63. The summed E-state index contributed by atoms with van der Waals surface area (Å²) < 4.78 is 6.04. The van der Waals surface area contributed by atoms with Crippen molar-refractivity contribution in [2.75, 3.05) is 7.11 Å². The summed E-state index contributed by atoms with van der Waals surface area (Å²) in [5, 5.41) is 1.94. The fraction of sp³-hybridized carbons (Fsp3) is 0.111. The smallest absolute Gasteiger partial charge is 0.159 e. The second kappa shape index (κ2) is 4.06. The summed E-state index contributed by atoms with van der Waals surface area (Å²) in [6, 6.07) is 3.71. The Hall–Kier alpha value is -0.940. The third-order valence-electron chi connectivity index (χ3n) is 1.71. The summed E-state index contributed by atoms with van der Waals surface area (Å²) in [6.07, 6.45) is 1.73. The molecule has 2 aromatic heterocycles. The van der Waals surface area contributed by atoms with Crippen molar-refractivity contribution < 1.29 is 4.74 Å². The predicted octanol–water partition coefficient (Wildman–Crippen LogP) is 2.98. The Morgan fingerprint density at radius 1 is 1.50 bits per heavy atom. The summed E-state index contributed by atoms with van der Waals surface area (Å²) in [5.74, 6) is 0.741. The second-order valence-corrected chi connectivity index (χ2v) is 4.67. The SMILES string of the molecule is COc1cccnc1-c1csc(Br)n1. The number of thiazole rings is 1. The van der Waals surface area contributed by atoms with E-state index in [-0.39, 0.29) is 0 Å². The van der Waals surface area contributed by atoms with Crippen LogP contribution in [0.25, 0.3) is 11.4 Å². The quantitative estimate of drug-likeness (QED) is 0.842. The van der Waals surface area contributed by atoms with E-state index < -0.39 is 0 Å². The highest BCUT2D eigenvalue weighted by Gasteiger charge is 2.09. The summed E-state index contributed by atoms with van der Waals surface area (Å²) in [4.78, 5) is 8.51. The van der Waals surface area contributed by atoms with E-state index in [0.29, 0.717) is 0 Å². The van der Waals surface area contributed by atoms with Crippen LogP contribution in [0.5, 0.6) is 5.75 Å². The van der Waals surface area contributed by atoms with Crippen molar-refractivity contribution in [2.45, 2.75) is 0 Å². The summed E-state index contributed by atoms with van der Waals surface area (Å²) >= 11 is 4.84. The lowest BCUT2D eigenvalue weighted by Crippen LogP contribution is -1.90. The van der Waals surface area contributed by atoms with Crippen molar-refractivity contribution in [3.63, 3.8) is 0 Å². The van der Waals surface area contributed by atoms with Gasteiger partial charge < -0.3 is 4.74 Å². The van der Waals surface area contributed by atoms with Crippen molar-refractivity contribution in [1.82, 2.24) is 9.97 Å². The Kier molecular flexibility index (Phi) is 2.79. The van der Waals surface area contributed by atoms with Gasteiger partial charge in [0.15, 0.2) is 3.92 Å². The van der Waals surface area contributed by atoms with Crippen LogP contribution in [-0.2, 0) is 0 Å². The first-order valence-corrected chi connectivity index (χ1v) is 5.59. The molecule has 0 radical (unpaired) electrons. The van der Waals surface area contributed by atoms with Gasteiger partial charge in [0.1, 0.15) is 17.1 Å². The Balaban J connectivity index is 2.50. The first kappa shape index (κ1) is 9.61. The van der Waals surface area contributed by atoms with Crippen molar-refractivity contribution in [3.05, 3.63) is 27.6 Å². The molecule has 0 N–H and O–H groups in total. The third kappa shape index (κ3) is 1.78. The van der Waals surface area contributed by atoms with E-state index in [1.165, 1.54) is 11.3 Å². The van der Waals surface area contributed by atoms with E-state index in [1.54, 1.807) is 13.3 Å². The van der Waals surface area contributed by atoms with Crippen LogP contribution in [0.4, 0.5) is 0 Å². The van der Waals surface area contributed by atoms with Crippen LogP contribution in [0.3, 0.4) is 0 Å². The van der Waals surface area contributed by atoms with E-state index in [2.05, 4.69) is 25.9 Å². The van der Waals surface area contributed by atoms with Gasteiger partial charge in [-0.15, -0.1) is 11.3 Å². The van der Waals surface area contributed by atoms with Crippen molar-refractivity contribution in [1.29, 1.82) is 0 Å². The van der Waals surface area contributed by atoms with Crippen LogP contribution < -0.4 is 4.74 Å². The number of ether oxygens (including phenoxy) is 1. The lowest BCUT2D eigenvalue weighted by molar-refractivity contribution is 0.414. The molecule has 0 fully saturated rings. The molecule has 0 unspecified atom stereocenters. The van der Waals surface area contributed by atoms with Crippen LogP contribution in [0.1, 0.15) is 0 Å². The first-order valence-electron chi connectivity index (χ1n) is 3.91. The first-order chi connectivity index (χ1) is 6.81. The van der Waals surface area contributed by atoms with Gasteiger partial charge in [-0.25, -0.2) is 4.98 Å². The van der Waals surface area contributed by atoms with Gasteiger partial charge in [0, 0.05) is 11.6 Å². The molecule has 2 aromatic rings. The van der Waals surface area contributed by atoms with Crippen molar-refractivity contribution in [2.24, 2.45) is 0 Å². The highest BCUT2D eigenvalue weighted by molar-refractivity contribution is 9.11. The second-order valence-electron chi connectivity index (χ2n) is 2.54. The van der Waals surface area contributed by atoms with Gasteiger partial charge >= 0.3 is 0 Å². The number of pyridine rings is 1. The maximum absolute atomic E-state index is 5.20. The van der Waals surface area contributed by atoms with Gasteiger partial charge in [-0.2, -0.15) is 0 Å². The Morgan fingerprint density at radius 2 is 2.36 bits per heavy atom. The largest absolute Gasteiger partial charge is 0.494 e. The van der Waals surface area contributed by atoms with E-state index in [9.17, 15) is 0 Å². The fourth-order valence-corrected chi connectivity index (χ4v) is 2.10. The minimum atomic E-state index is 0.741. The summed E-state index contributed by atoms with van der Waals surface area (Å²) in [5.41, 5.74) is 1.61. The molecule has 0 aromatic carbocycles. The predicted molar refractivity (Wildman–Crippen MR) is 59.6 cm³/mol. The average Bonchev–Trinajstić information content (AvgIpc) is 2.65. The van der Waals surface area contributed by atoms with E-state index in [4.69, 9.17) is 4.74 Å². The molecule has 0 spiro atoms. The van der Waals surface area contributed by atoms with Crippen LogP contribution in [0.15, 0.2) is 27.6 Å². The Bertz CT molecular complexity index is 444. The van der Waals surface area contributed by atoms with Gasteiger partial charge in [0.2, 0.25) is 0 Å². The molecule has 0 amide bonds. The lowest BCUT2D eigenvalue weighted by Gasteiger charge is -2.03. The van der Waals surface area contributed by atoms with Gasteiger partial charge in [0.05, 0.1) is 7.11 Å². The number of aromatic nitrogens is 2. The standard InChI is InChI=1S/C9H7BrN2OS/c1-13-7-3-2-4-11-8(7)6-5-14-9(10)12-6/h2-5H,1H3. The van der Waals surface area contributed by atoms with Crippen LogP contribution >= 0.6 is 27.3 Å². The number of halogens is 1. The molecule has 2 heterocycles. The molecule has 3 nitrogen and oxygen atoms in total. The zero-order chi connectivity index (χ0) is 9.97. The number of rotatable bonds is 2. The minimum Gasteiger partial charge on any atom is -0.494 e. The highest BCUT2D eigenvalue weighted by atomic mass is 79.9. The zero-order valence-corrected chi connectivity index (χ0v) is 9.80. The highest BCUT2D eigenvalue weighted by Crippen LogP contribution is 2.29. The minimum absolute atomic E-state index is 0.741. The molecule has 0 aliphatic heterocycles. The molecular weight excluding hydrogens is 264 g/mol. The fourth-order valence-electron chi connectivity index (χ4n) is 1.11. The zero-order valence-electron chi connectivity index (χ0n) is 7.40. The average molecular weight is 271 g/mol. The lowest BCUT2D eigenvalue weighted by atomic mass is 10.3. The molecule has 0 aliphatic carbocycles. The number of hydrogen-bond donors (Lipinski definition) is 0. The van der Waals surface area contributed by atoms with Crippen molar-refractivity contribution in [3.8, 4) is 17.1 Å². The topological polar surface area (TPSA) is 35.0 Å². The van der Waals surface area contributed by atoms with Gasteiger partial charge in [-0.3, -0.25) is 4.98 Å². The van der Waals surface area contributed by atoms with Crippen LogP contribution in [0, 0.1) is 0 Å². The van der Waals surface area contributed by atoms with Gasteiger partial charge in [-0.1, -0.05) is 0 Å². The maximum Gasteiger partial charge on any atom is 0.159 e. The maximum atomic E-state index is 5.20. The monoisotopic (exact) mass is 270 g/mol. The molecule has 72 valence electrons. The molecule has 0 saturated heterocycles. The van der Waals surface area contributed by atoms with Gasteiger partial charge in [-0.05, 0) is 28.1 Å². The molecule has 0 aliphatic rings. The Morgan fingerprint density at radius 3 is 3.00 bits per heavy atom. The van der Waals surface area contributed by atoms with Gasteiger partial charge in [0.25, 0.3) is 0 Å². The van der Waals surface area contributed by atoms with Crippen LogP contribution in [0.2, 0.25) is 0 Å². The van der Waals surface area contributed by atoms with Crippen LogP contribution in [-0.4, -0.2) is 17.1 Å².